The molecule has 4 unspecified atom stereocenters. The molecule has 1 fully saturated rings. The van der Waals surface area contributed by atoms with Gasteiger partial charge in [-0.1, -0.05) is 6.07 Å². The summed E-state index contributed by atoms with van der Waals surface area (Å²) in [5.74, 6) is 1.30. The molecule has 4 atom stereocenters. The number of aliphatic hydroxyl groups excluding tert-OH is 1. The van der Waals surface area contributed by atoms with Crippen LogP contribution in [0, 0.1) is 0 Å². The van der Waals surface area contributed by atoms with Gasteiger partial charge in [-0.15, -0.1) is 0 Å². The Morgan fingerprint density at radius 3 is 2.39 bits per heavy atom. The van der Waals surface area contributed by atoms with Gasteiger partial charge >= 0.3 is 0 Å². The van der Waals surface area contributed by atoms with Gasteiger partial charge in [0.25, 0.3) is 0 Å². The van der Waals surface area contributed by atoms with Crippen LogP contribution in [0.3, 0.4) is 0 Å². The summed E-state index contributed by atoms with van der Waals surface area (Å²) in [4.78, 5) is 0. The van der Waals surface area contributed by atoms with Gasteiger partial charge in [-0.2, -0.15) is 0 Å². The molecule has 2 aliphatic rings. The molecule has 158 valence electrons. The molecular weight excluding hydrogens is 364 g/mol. The van der Waals surface area contributed by atoms with Crippen LogP contribution >= 0.6 is 0 Å². The lowest BCUT2D eigenvalue weighted by atomic mass is 10.0. The Balaban J connectivity index is 1.71. The first-order valence-corrected chi connectivity index (χ1v) is 10.2. The highest BCUT2D eigenvalue weighted by atomic mass is 16.7. The van der Waals surface area contributed by atoms with Gasteiger partial charge in [0.05, 0.1) is 31.5 Å². The van der Waals surface area contributed by atoms with Gasteiger partial charge < -0.3 is 33.5 Å². The summed E-state index contributed by atoms with van der Waals surface area (Å²) in [5.41, 5.74) is 0.867. The van der Waals surface area contributed by atoms with Gasteiger partial charge in [0.2, 0.25) is 0 Å². The van der Waals surface area contributed by atoms with Crippen molar-refractivity contribution in [1.82, 2.24) is 0 Å². The molecule has 0 bridgehead atoms. The van der Waals surface area contributed by atoms with E-state index in [0.29, 0.717) is 57.6 Å². The van der Waals surface area contributed by atoms with Crippen LogP contribution in [0.2, 0.25) is 0 Å². The molecule has 0 radical (unpaired) electrons. The number of hydrogen-bond acceptors (Lipinski definition) is 7. The molecule has 28 heavy (non-hydrogen) atoms. The second kappa shape index (κ2) is 11.0. The van der Waals surface area contributed by atoms with Crippen molar-refractivity contribution in [3.63, 3.8) is 0 Å². The predicted octanol–water partition coefficient (Wildman–Crippen LogP) is 2.84. The number of benzene rings is 1. The van der Waals surface area contributed by atoms with E-state index in [-0.39, 0.29) is 12.2 Å². The third-order valence-electron chi connectivity index (χ3n) is 4.66. The van der Waals surface area contributed by atoms with Crippen LogP contribution < -0.4 is 9.47 Å². The summed E-state index contributed by atoms with van der Waals surface area (Å²) in [6.45, 7) is 7.05. The van der Waals surface area contributed by atoms with Gasteiger partial charge in [0.1, 0.15) is 13.2 Å². The van der Waals surface area contributed by atoms with Crippen molar-refractivity contribution in [1.29, 1.82) is 0 Å². The molecule has 1 saturated heterocycles. The highest BCUT2D eigenvalue weighted by molar-refractivity contribution is 5.43. The molecular formula is C21H32O7. The number of ether oxygens (including phenoxy) is 6. The first-order chi connectivity index (χ1) is 13.6. The smallest absolute Gasteiger partial charge is 0.184 e. The molecule has 3 rings (SSSR count). The topological polar surface area (TPSA) is 75.6 Å². The lowest BCUT2D eigenvalue weighted by Crippen LogP contribution is -2.34. The zero-order chi connectivity index (χ0) is 19.8. The lowest BCUT2D eigenvalue weighted by molar-refractivity contribution is -0.247. The molecule has 0 aliphatic carbocycles. The SMILES string of the molecule is CC(O)CC1CC(C)OC(c2ccc3c(c2)OCCOCCCOCCO3)O1. The molecule has 0 spiro atoms. The summed E-state index contributed by atoms with van der Waals surface area (Å²) in [7, 11) is 0. The largest absolute Gasteiger partial charge is 0.487 e. The fourth-order valence-electron chi connectivity index (χ4n) is 3.38. The van der Waals surface area contributed by atoms with E-state index in [4.69, 9.17) is 28.4 Å². The third kappa shape index (κ3) is 6.60. The average Bonchev–Trinajstić information content (AvgIpc) is 2.67. The molecule has 2 aliphatic heterocycles. The van der Waals surface area contributed by atoms with Gasteiger partial charge in [-0.3, -0.25) is 0 Å². The van der Waals surface area contributed by atoms with Gasteiger partial charge in [-0.25, -0.2) is 0 Å². The number of fused-ring (bicyclic) bond motifs is 1. The molecule has 7 nitrogen and oxygen atoms in total. The Labute approximate surface area is 166 Å². The van der Waals surface area contributed by atoms with E-state index >= 15 is 0 Å². The molecule has 2 heterocycles. The minimum absolute atomic E-state index is 0.0406. The maximum absolute atomic E-state index is 9.70. The monoisotopic (exact) mass is 396 g/mol. The summed E-state index contributed by atoms with van der Waals surface area (Å²) in [6.07, 6.45) is 1.33. The molecule has 0 saturated carbocycles. The molecule has 1 aromatic carbocycles. The van der Waals surface area contributed by atoms with E-state index < -0.39 is 12.4 Å². The molecule has 0 aromatic heterocycles. The minimum atomic E-state index is -0.495. The summed E-state index contributed by atoms with van der Waals surface area (Å²) in [5, 5.41) is 9.70. The van der Waals surface area contributed by atoms with E-state index in [1.54, 1.807) is 6.92 Å². The van der Waals surface area contributed by atoms with Crippen molar-refractivity contribution in [2.75, 3.05) is 39.6 Å². The molecule has 1 aromatic rings. The van der Waals surface area contributed by atoms with Crippen molar-refractivity contribution >= 4 is 0 Å². The molecule has 0 amide bonds. The van der Waals surface area contributed by atoms with Crippen LogP contribution in [0.25, 0.3) is 0 Å². The van der Waals surface area contributed by atoms with Crippen molar-refractivity contribution in [3.05, 3.63) is 23.8 Å². The van der Waals surface area contributed by atoms with Crippen molar-refractivity contribution in [3.8, 4) is 11.5 Å². The quantitative estimate of drug-likeness (QED) is 0.842. The van der Waals surface area contributed by atoms with Crippen molar-refractivity contribution < 1.29 is 33.5 Å². The van der Waals surface area contributed by atoms with E-state index in [1.807, 2.05) is 25.1 Å². The van der Waals surface area contributed by atoms with Crippen LogP contribution in [-0.2, 0) is 18.9 Å². The third-order valence-corrected chi connectivity index (χ3v) is 4.66. The Kier molecular flexibility index (Phi) is 8.36. The van der Waals surface area contributed by atoms with Gasteiger partial charge in [0.15, 0.2) is 17.8 Å². The summed E-state index contributed by atoms with van der Waals surface area (Å²) >= 11 is 0. The Hall–Kier alpha value is -1.38. The Morgan fingerprint density at radius 1 is 0.964 bits per heavy atom. The van der Waals surface area contributed by atoms with Gasteiger partial charge in [0, 0.05) is 18.8 Å². The first kappa shape index (κ1) is 21.3. The van der Waals surface area contributed by atoms with Crippen LogP contribution in [0.5, 0.6) is 11.5 Å². The first-order valence-electron chi connectivity index (χ1n) is 10.2. The minimum Gasteiger partial charge on any atom is -0.487 e. The second-order valence-corrected chi connectivity index (χ2v) is 7.34. The van der Waals surface area contributed by atoms with E-state index in [9.17, 15) is 5.11 Å². The predicted molar refractivity (Wildman–Crippen MR) is 103 cm³/mol. The molecule has 7 heteroatoms. The Bertz CT molecular complexity index is 590. The number of aliphatic hydroxyl groups is 1. The van der Waals surface area contributed by atoms with Crippen LogP contribution in [-0.4, -0.2) is 63.1 Å². The van der Waals surface area contributed by atoms with E-state index in [2.05, 4.69) is 0 Å². The van der Waals surface area contributed by atoms with Crippen molar-refractivity contribution in [2.24, 2.45) is 0 Å². The lowest BCUT2D eigenvalue weighted by Gasteiger charge is -2.35. The zero-order valence-electron chi connectivity index (χ0n) is 16.8. The van der Waals surface area contributed by atoms with E-state index in [1.165, 1.54) is 0 Å². The summed E-state index contributed by atoms with van der Waals surface area (Å²) < 4.78 is 34.9. The van der Waals surface area contributed by atoms with Crippen LogP contribution in [0.1, 0.15) is 45.0 Å². The van der Waals surface area contributed by atoms with Crippen LogP contribution in [0.15, 0.2) is 18.2 Å². The standard InChI is InChI=1S/C21H32O7/c1-15(22)12-18-13-16(2)27-21(28-18)17-4-5-19-20(14-17)26-11-9-24-7-3-6-23-8-10-25-19/h4-5,14-16,18,21-22H,3,6-13H2,1-2H3. The molecule has 1 N–H and O–H groups in total. The van der Waals surface area contributed by atoms with Gasteiger partial charge in [-0.05, 0) is 45.2 Å². The van der Waals surface area contributed by atoms with Crippen LogP contribution in [0.4, 0.5) is 0 Å². The highest BCUT2D eigenvalue weighted by Gasteiger charge is 2.30. The Morgan fingerprint density at radius 2 is 1.68 bits per heavy atom. The fourth-order valence-corrected chi connectivity index (χ4v) is 3.38. The number of rotatable bonds is 3. The number of hydrogen-bond donors (Lipinski definition) is 1. The summed E-state index contributed by atoms with van der Waals surface area (Å²) in [6, 6.07) is 5.71. The zero-order valence-corrected chi connectivity index (χ0v) is 16.8. The van der Waals surface area contributed by atoms with Crippen molar-refractivity contribution in [2.45, 2.75) is 57.7 Å². The second-order valence-electron chi connectivity index (χ2n) is 7.34. The van der Waals surface area contributed by atoms with E-state index in [0.717, 1.165) is 18.4 Å². The maximum atomic E-state index is 9.70. The highest BCUT2D eigenvalue weighted by Crippen LogP contribution is 2.36. The average molecular weight is 396 g/mol. The normalized spacial score (nSPS) is 28.5. The fraction of sp³-hybridized carbons (Fsp3) is 0.714. The maximum Gasteiger partial charge on any atom is 0.184 e.